The Morgan fingerprint density at radius 1 is 0.362 bits per heavy atom. The largest absolute Gasteiger partial charge is 0.455 e. The summed E-state index contributed by atoms with van der Waals surface area (Å²) in [5, 5.41) is 7.31. The van der Waals surface area contributed by atoms with Crippen LogP contribution in [-0.2, 0) is 0 Å². The number of furan rings is 1. The molecule has 3 aromatic heterocycles. The van der Waals surface area contributed by atoms with Crippen LogP contribution in [0, 0.1) is 0 Å². The lowest BCUT2D eigenvalue weighted by molar-refractivity contribution is 0.670. The fourth-order valence-electron chi connectivity index (χ4n) is 8.83. The molecule has 0 radical (unpaired) electrons. The van der Waals surface area contributed by atoms with Gasteiger partial charge < -0.3 is 9.32 Å². The first-order valence-corrected chi connectivity index (χ1v) is 21.2. The van der Waals surface area contributed by atoms with Crippen molar-refractivity contribution >= 4 is 102 Å². The first-order chi connectivity index (χ1) is 28.8. The van der Waals surface area contributed by atoms with Crippen molar-refractivity contribution in [3.05, 3.63) is 200 Å². The minimum Gasteiger partial charge on any atom is -0.455 e. The maximum Gasteiger partial charge on any atom is 0.143 e. The van der Waals surface area contributed by atoms with Crippen LogP contribution in [0.25, 0.3) is 95.7 Å². The highest BCUT2D eigenvalue weighted by Crippen LogP contribution is 2.50. The van der Waals surface area contributed by atoms with Gasteiger partial charge in [-0.1, -0.05) is 146 Å². The SMILES string of the molecule is c1ccc(-c2ccc(-c3ccccc3)c3c2oc2ccc(N(c4ccc5c(c4)sc4ccccc45)c4ccc(-c5ccccc5)c5sc6ccccc6c45)cc23)cc1. The van der Waals surface area contributed by atoms with E-state index in [0.717, 1.165) is 61.3 Å². The summed E-state index contributed by atoms with van der Waals surface area (Å²) in [4.78, 5) is 2.47. The molecular formula is C54H33NOS2. The molecule has 4 heteroatoms. The van der Waals surface area contributed by atoms with E-state index < -0.39 is 0 Å². The highest BCUT2D eigenvalue weighted by atomic mass is 32.1. The third-order valence-electron chi connectivity index (χ3n) is 11.5. The molecule has 0 aliphatic heterocycles. The molecule has 58 heavy (non-hydrogen) atoms. The van der Waals surface area contributed by atoms with Gasteiger partial charge in [0.1, 0.15) is 11.2 Å². The summed E-state index contributed by atoms with van der Waals surface area (Å²) in [6.45, 7) is 0. The molecule has 272 valence electrons. The van der Waals surface area contributed by atoms with Crippen LogP contribution in [0.3, 0.4) is 0 Å². The summed E-state index contributed by atoms with van der Waals surface area (Å²) in [6.07, 6.45) is 0. The van der Waals surface area contributed by atoms with Gasteiger partial charge in [-0.25, -0.2) is 0 Å². The minimum absolute atomic E-state index is 0.866. The number of hydrogen-bond acceptors (Lipinski definition) is 4. The van der Waals surface area contributed by atoms with E-state index in [1.807, 2.05) is 22.7 Å². The molecule has 2 nitrogen and oxygen atoms in total. The molecule has 3 heterocycles. The minimum atomic E-state index is 0.866. The Labute approximate surface area is 343 Å². The zero-order valence-electron chi connectivity index (χ0n) is 31.2. The van der Waals surface area contributed by atoms with Gasteiger partial charge in [0.05, 0.1) is 5.69 Å². The van der Waals surface area contributed by atoms with E-state index in [1.54, 1.807) is 0 Å². The third-order valence-corrected chi connectivity index (χ3v) is 13.8. The van der Waals surface area contributed by atoms with Crippen molar-refractivity contribution in [2.24, 2.45) is 0 Å². The number of anilines is 3. The van der Waals surface area contributed by atoms with Gasteiger partial charge in [0.2, 0.25) is 0 Å². The zero-order chi connectivity index (χ0) is 38.2. The lowest BCUT2D eigenvalue weighted by Gasteiger charge is -2.27. The lowest BCUT2D eigenvalue weighted by Crippen LogP contribution is -2.10. The fraction of sp³-hybridized carbons (Fsp3) is 0. The van der Waals surface area contributed by atoms with Crippen LogP contribution in [0.5, 0.6) is 0 Å². The Kier molecular flexibility index (Phi) is 7.62. The van der Waals surface area contributed by atoms with Crippen LogP contribution < -0.4 is 4.90 Å². The van der Waals surface area contributed by atoms with Crippen LogP contribution in [0.15, 0.2) is 205 Å². The highest BCUT2D eigenvalue weighted by molar-refractivity contribution is 7.26. The van der Waals surface area contributed by atoms with E-state index in [4.69, 9.17) is 4.42 Å². The lowest BCUT2D eigenvalue weighted by atomic mass is 9.94. The van der Waals surface area contributed by atoms with Crippen molar-refractivity contribution in [2.75, 3.05) is 4.90 Å². The highest BCUT2D eigenvalue weighted by Gasteiger charge is 2.24. The Balaban J connectivity index is 1.17. The summed E-state index contributed by atoms with van der Waals surface area (Å²) in [6, 6.07) is 72.5. The Morgan fingerprint density at radius 2 is 0.914 bits per heavy atom. The standard InChI is InChI=1S/C54H33NOS2/c1-4-14-34(15-5-1)39-27-28-40(35-16-6-2-7-17-35)53-51(39)45-32-37(25-31-47(45)56-53)55(38-24-26-43-42-20-10-12-22-48(42)57-50(43)33-38)46-30-29-41(36-18-8-3-9-19-36)54-52(46)44-21-11-13-23-49(44)58-54/h1-33H. The average Bonchev–Trinajstić information content (AvgIpc) is 3.99. The van der Waals surface area contributed by atoms with E-state index in [2.05, 4.69) is 205 Å². The molecule has 9 aromatic carbocycles. The van der Waals surface area contributed by atoms with Crippen LogP contribution in [0.4, 0.5) is 17.1 Å². The van der Waals surface area contributed by atoms with E-state index in [9.17, 15) is 0 Å². The number of benzene rings is 9. The van der Waals surface area contributed by atoms with E-state index in [-0.39, 0.29) is 0 Å². The first-order valence-electron chi connectivity index (χ1n) is 19.6. The summed E-state index contributed by atoms with van der Waals surface area (Å²) < 4.78 is 12.0. The molecule has 0 saturated carbocycles. The number of hydrogen-bond donors (Lipinski definition) is 0. The van der Waals surface area contributed by atoms with Gasteiger partial charge in [0.15, 0.2) is 0 Å². The number of nitrogens with zero attached hydrogens (tertiary/aromatic N) is 1. The fourth-order valence-corrected chi connectivity index (χ4v) is 11.2. The Bertz CT molecular complexity index is 3510. The summed E-state index contributed by atoms with van der Waals surface area (Å²) in [7, 11) is 0. The maximum absolute atomic E-state index is 6.90. The number of fused-ring (bicyclic) bond motifs is 9. The molecule has 0 aliphatic carbocycles. The smallest absolute Gasteiger partial charge is 0.143 e. The Hall–Kier alpha value is -6.98. The molecule has 0 fully saturated rings. The predicted molar refractivity (Wildman–Crippen MR) is 250 cm³/mol. The first kappa shape index (κ1) is 33.2. The van der Waals surface area contributed by atoms with Gasteiger partial charge in [-0.3, -0.25) is 0 Å². The van der Waals surface area contributed by atoms with Gasteiger partial charge in [-0.05, 0) is 82.4 Å². The molecule has 0 amide bonds. The molecule has 0 spiro atoms. The molecule has 12 rings (SSSR count). The number of rotatable bonds is 6. The van der Waals surface area contributed by atoms with Gasteiger partial charge in [0.25, 0.3) is 0 Å². The molecule has 0 unspecified atom stereocenters. The topological polar surface area (TPSA) is 16.4 Å². The molecule has 0 saturated heterocycles. The van der Waals surface area contributed by atoms with E-state index in [1.165, 1.54) is 51.5 Å². The molecule has 0 bridgehead atoms. The summed E-state index contributed by atoms with van der Waals surface area (Å²) in [5.74, 6) is 0. The van der Waals surface area contributed by atoms with Gasteiger partial charge in [-0.15, -0.1) is 22.7 Å². The molecule has 0 aliphatic rings. The normalized spacial score (nSPS) is 11.8. The van der Waals surface area contributed by atoms with Crippen LogP contribution >= 0.6 is 22.7 Å². The molecular weight excluding hydrogens is 743 g/mol. The molecule has 0 N–H and O–H groups in total. The van der Waals surface area contributed by atoms with Crippen LogP contribution in [0.2, 0.25) is 0 Å². The molecule has 12 aromatic rings. The maximum atomic E-state index is 6.90. The van der Waals surface area contributed by atoms with Crippen LogP contribution in [0.1, 0.15) is 0 Å². The van der Waals surface area contributed by atoms with Crippen molar-refractivity contribution in [3.8, 4) is 33.4 Å². The quantitative estimate of drug-likeness (QED) is 0.167. The van der Waals surface area contributed by atoms with Gasteiger partial charge in [-0.2, -0.15) is 0 Å². The Morgan fingerprint density at radius 3 is 1.66 bits per heavy atom. The summed E-state index contributed by atoms with van der Waals surface area (Å²) >= 11 is 3.73. The van der Waals surface area contributed by atoms with Crippen molar-refractivity contribution in [3.63, 3.8) is 0 Å². The second-order valence-electron chi connectivity index (χ2n) is 14.8. The van der Waals surface area contributed by atoms with Crippen LogP contribution in [-0.4, -0.2) is 0 Å². The van der Waals surface area contributed by atoms with Crippen molar-refractivity contribution in [1.29, 1.82) is 0 Å². The summed E-state index contributed by atoms with van der Waals surface area (Å²) in [5.41, 5.74) is 12.1. The third kappa shape index (κ3) is 5.23. The predicted octanol–water partition coefficient (Wildman–Crippen LogP) is 16.8. The second-order valence-corrected chi connectivity index (χ2v) is 16.9. The van der Waals surface area contributed by atoms with E-state index >= 15 is 0 Å². The average molecular weight is 776 g/mol. The molecule has 0 atom stereocenters. The van der Waals surface area contributed by atoms with Gasteiger partial charge >= 0.3 is 0 Å². The zero-order valence-corrected chi connectivity index (χ0v) is 32.9. The van der Waals surface area contributed by atoms with Crippen molar-refractivity contribution in [1.82, 2.24) is 0 Å². The van der Waals surface area contributed by atoms with Gasteiger partial charge in [0, 0.05) is 68.1 Å². The van der Waals surface area contributed by atoms with Crippen molar-refractivity contribution < 1.29 is 4.42 Å². The van der Waals surface area contributed by atoms with Crippen molar-refractivity contribution in [2.45, 2.75) is 0 Å². The number of thiophene rings is 2. The monoisotopic (exact) mass is 775 g/mol. The second kappa shape index (κ2) is 13.3. The van der Waals surface area contributed by atoms with E-state index in [0.29, 0.717) is 0 Å².